The van der Waals surface area contributed by atoms with Gasteiger partial charge in [-0.05, 0) is 42.6 Å². The van der Waals surface area contributed by atoms with Crippen molar-refractivity contribution >= 4 is 5.69 Å². The molecular weight excluding hydrogens is 292 g/mol. The van der Waals surface area contributed by atoms with Crippen molar-refractivity contribution in [1.82, 2.24) is 4.90 Å². The number of hydrogen-bond donors (Lipinski definition) is 0. The van der Waals surface area contributed by atoms with Gasteiger partial charge in [0.05, 0.1) is 4.92 Å². The molecule has 5 nitrogen and oxygen atoms in total. The minimum absolute atomic E-state index is 0.0595. The Labute approximate surface area is 135 Å². The molecule has 5 heteroatoms. The fraction of sp³-hybridized carbons (Fsp3) is 0.333. The van der Waals surface area contributed by atoms with Crippen LogP contribution < -0.4 is 4.74 Å². The normalized spacial score (nSPS) is 14.8. The Hall–Kier alpha value is -2.40. The number of nitro groups is 1. The number of hydrogen-bond acceptors (Lipinski definition) is 4. The van der Waals surface area contributed by atoms with Crippen molar-refractivity contribution in [2.75, 3.05) is 20.1 Å². The van der Waals surface area contributed by atoms with Crippen LogP contribution in [0.1, 0.15) is 16.7 Å². The quantitative estimate of drug-likeness (QED) is 0.642. The van der Waals surface area contributed by atoms with Crippen LogP contribution in [0.25, 0.3) is 0 Å². The number of likely N-dealkylation sites (N-methyl/N-ethyl adjacent to an activating group) is 1. The van der Waals surface area contributed by atoms with Gasteiger partial charge in [0, 0.05) is 19.2 Å². The average molecular weight is 312 g/mol. The van der Waals surface area contributed by atoms with Gasteiger partial charge in [0.25, 0.3) is 0 Å². The van der Waals surface area contributed by atoms with E-state index in [0.717, 1.165) is 42.6 Å². The van der Waals surface area contributed by atoms with Gasteiger partial charge in [0.2, 0.25) is 0 Å². The Bertz CT molecular complexity index is 701. The number of nitro benzene ring substituents is 1. The van der Waals surface area contributed by atoms with Crippen LogP contribution >= 0.6 is 0 Å². The highest BCUT2D eigenvalue weighted by atomic mass is 16.6. The van der Waals surface area contributed by atoms with E-state index in [1.807, 2.05) is 36.4 Å². The number of rotatable bonds is 4. The maximum atomic E-state index is 11.4. The van der Waals surface area contributed by atoms with Crippen LogP contribution in [-0.2, 0) is 19.4 Å². The highest BCUT2D eigenvalue weighted by molar-refractivity contribution is 5.52. The Morgan fingerprint density at radius 2 is 1.78 bits per heavy atom. The van der Waals surface area contributed by atoms with Gasteiger partial charge in [-0.1, -0.05) is 30.3 Å². The Balaban J connectivity index is 1.87. The van der Waals surface area contributed by atoms with Gasteiger partial charge in [-0.15, -0.1) is 0 Å². The minimum Gasteiger partial charge on any atom is -0.482 e. The average Bonchev–Trinajstić information content (AvgIpc) is 2.74. The summed E-state index contributed by atoms with van der Waals surface area (Å²) in [7, 11) is 2.08. The Kier molecular flexibility index (Phi) is 4.57. The number of ether oxygens (including phenoxy) is 1. The van der Waals surface area contributed by atoms with E-state index in [9.17, 15) is 10.1 Å². The molecule has 0 radical (unpaired) electrons. The monoisotopic (exact) mass is 312 g/mol. The molecule has 0 aromatic heterocycles. The molecule has 0 bridgehead atoms. The first-order valence-electron chi connectivity index (χ1n) is 7.79. The fourth-order valence-electron chi connectivity index (χ4n) is 2.85. The summed E-state index contributed by atoms with van der Waals surface area (Å²) < 4.78 is 5.76. The largest absolute Gasteiger partial charge is 0.482 e. The molecule has 0 aliphatic carbocycles. The highest BCUT2D eigenvalue weighted by Gasteiger charge is 2.21. The first-order valence-corrected chi connectivity index (χ1v) is 7.79. The molecule has 120 valence electrons. The molecule has 0 spiro atoms. The first kappa shape index (κ1) is 15.5. The molecule has 1 aliphatic rings. The van der Waals surface area contributed by atoms with E-state index in [4.69, 9.17) is 4.74 Å². The van der Waals surface area contributed by atoms with Gasteiger partial charge < -0.3 is 9.64 Å². The molecule has 0 atom stereocenters. The lowest BCUT2D eigenvalue weighted by Gasteiger charge is -2.11. The summed E-state index contributed by atoms with van der Waals surface area (Å²) in [5.41, 5.74) is 3.27. The molecule has 0 N–H and O–H groups in total. The molecule has 0 amide bonds. The second-order valence-electron chi connectivity index (χ2n) is 5.92. The van der Waals surface area contributed by atoms with Crippen LogP contribution in [0.4, 0.5) is 5.69 Å². The van der Waals surface area contributed by atoms with Crippen LogP contribution in [-0.4, -0.2) is 30.0 Å². The van der Waals surface area contributed by atoms with Crippen LogP contribution in [0.15, 0.2) is 42.5 Å². The molecule has 0 unspecified atom stereocenters. The summed E-state index contributed by atoms with van der Waals surface area (Å²) in [4.78, 5) is 13.3. The van der Waals surface area contributed by atoms with Crippen LogP contribution in [0, 0.1) is 10.1 Å². The summed E-state index contributed by atoms with van der Waals surface area (Å²) in [5.74, 6) is 0.363. The number of fused-ring (bicyclic) bond motifs is 1. The first-order chi connectivity index (χ1) is 11.1. The van der Waals surface area contributed by atoms with Crippen molar-refractivity contribution in [2.24, 2.45) is 0 Å². The molecule has 3 rings (SSSR count). The lowest BCUT2D eigenvalue weighted by Crippen LogP contribution is -2.20. The molecule has 1 aliphatic heterocycles. The maximum Gasteiger partial charge on any atom is 0.311 e. The second kappa shape index (κ2) is 6.79. The van der Waals surface area contributed by atoms with Crippen molar-refractivity contribution < 1.29 is 9.66 Å². The van der Waals surface area contributed by atoms with Crippen LogP contribution in [0.2, 0.25) is 0 Å². The summed E-state index contributed by atoms with van der Waals surface area (Å²) in [5, 5.41) is 11.4. The predicted octanol–water partition coefficient (Wildman–Crippen LogP) is 3.20. The zero-order chi connectivity index (χ0) is 16.2. The van der Waals surface area contributed by atoms with Crippen molar-refractivity contribution in [3.63, 3.8) is 0 Å². The van der Waals surface area contributed by atoms with E-state index in [2.05, 4.69) is 11.9 Å². The zero-order valence-corrected chi connectivity index (χ0v) is 13.2. The van der Waals surface area contributed by atoms with E-state index in [1.54, 1.807) is 6.07 Å². The lowest BCUT2D eigenvalue weighted by atomic mass is 10.0. The van der Waals surface area contributed by atoms with Gasteiger partial charge in [0.15, 0.2) is 5.75 Å². The van der Waals surface area contributed by atoms with E-state index in [0.29, 0.717) is 12.4 Å². The molecular formula is C18H20N2O3. The summed E-state index contributed by atoms with van der Waals surface area (Å²) in [6, 6.07) is 13.2. The summed E-state index contributed by atoms with van der Waals surface area (Å²) in [6.07, 6.45) is 1.73. The fourth-order valence-corrected chi connectivity index (χ4v) is 2.85. The van der Waals surface area contributed by atoms with E-state index in [-0.39, 0.29) is 10.6 Å². The highest BCUT2D eigenvalue weighted by Crippen LogP contribution is 2.32. The SMILES string of the molecule is CN1CCc2cc(OCc3ccccc3)c([N+](=O)[O-])cc2CC1. The van der Waals surface area contributed by atoms with Crippen LogP contribution in [0.5, 0.6) is 5.75 Å². The third-order valence-electron chi connectivity index (χ3n) is 4.24. The van der Waals surface area contributed by atoms with Crippen molar-refractivity contribution in [2.45, 2.75) is 19.4 Å². The number of benzene rings is 2. The standard InChI is InChI=1S/C18H20N2O3/c1-19-9-7-15-11-17(20(21)22)18(12-16(15)8-10-19)23-13-14-5-3-2-4-6-14/h2-6,11-12H,7-10,13H2,1H3. The molecule has 0 saturated heterocycles. The summed E-state index contributed by atoms with van der Waals surface area (Å²) in [6.45, 7) is 2.22. The molecule has 2 aromatic carbocycles. The minimum atomic E-state index is -0.352. The van der Waals surface area contributed by atoms with Crippen LogP contribution in [0.3, 0.4) is 0 Å². The van der Waals surface area contributed by atoms with Gasteiger partial charge in [-0.3, -0.25) is 10.1 Å². The molecule has 1 heterocycles. The predicted molar refractivity (Wildman–Crippen MR) is 88.8 cm³/mol. The smallest absolute Gasteiger partial charge is 0.311 e. The molecule has 2 aromatic rings. The van der Waals surface area contributed by atoms with E-state index < -0.39 is 0 Å². The van der Waals surface area contributed by atoms with E-state index in [1.165, 1.54) is 0 Å². The van der Waals surface area contributed by atoms with Crippen molar-refractivity contribution in [1.29, 1.82) is 0 Å². The number of nitrogens with zero attached hydrogens (tertiary/aromatic N) is 2. The Morgan fingerprint density at radius 1 is 1.13 bits per heavy atom. The third-order valence-corrected chi connectivity index (χ3v) is 4.24. The topological polar surface area (TPSA) is 55.6 Å². The van der Waals surface area contributed by atoms with Crippen molar-refractivity contribution in [3.05, 3.63) is 69.3 Å². The third kappa shape index (κ3) is 3.68. The Morgan fingerprint density at radius 3 is 2.43 bits per heavy atom. The maximum absolute atomic E-state index is 11.4. The van der Waals surface area contributed by atoms with Gasteiger partial charge in [-0.25, -0.2) is 0 Å². The zero-order valence-electron chi connectivity index (χ0n) is 13.2. The van der Waals surface area contributed by atoms with Gasteiger partial charge in [-0.2, -0.15) is 0 Å². The molecule has 0 fully saturated rings. The van der Waals surface area contributed by atoms with Crippen molar-refractivity contribution in [3.8, 4) is 5.75 Å². The van der Waals surface area contributed by atoms with E-state index >= 15 is 0 Å². The second-order valence-corrected chi connectivity index (χ2v) is 5.92. The lowest BCUT2D eigenvalue weighted by molar-refractivity contribution is -0.386. The molecule has 0 saturated carbocycles. The molecule has 23 heavy (non-hydrogen) atoms. The summed E-state index contributed by atoms with van der Waals surface area (Å²) >= 11 is 0. The van der Waals surface area contributed by atoms with Gasteiger partial charge in [0.1, 0.15) is 6.61 Å². The van der Waals surface area contributed by atoms with Gasteiger partial charge >= 0.3 is 5.69 Å².